The topological polar surface area (TPSA) is 64.2 Å². The Morgan fingerprint density at radius 3 is 2.75 bits per heavy atom. The Hall–Kier alpha value is -1.75. The predicted octanol–water partition coefficient (Wildman–Crippen LogP) is 1.41. The number of unbranched alkanes of at least 4 members (excludes halogenated alkanes) is 1. The molecule has 1 aromatic rings. The molecule has 0 aromatic heterocycles. The van der Waals surface area contributed by atoms with Gasteiger partial charge in [0.25, 0.3) is 5.91 Å². The number of benzene rings is 1. The molecule has 0 aliphatic carbocycles. The first-order valence-electron chi connectivity index (χ1n) is 7.16. The van der Waals surface area contributed by atoms with E-state index >= 15 is 0 Å². The smallest absolute Gasteiger partial charge is 0.282 e. The van der Waals surface area contributed by atoms with Crippen molar-refractivity contribution in [3.05, 3.63) is 17.7 Å². The Bertz CT molecular complexity index is 488. The van der Waals surface area contributed by atoms with Gasteiger partial charge in [-0.2, -0.15) is 0 Å². The fraction of sp³-hybridized carbons (Fsp3) is 0.533. The maximum Gasteiger partial charge on any atom is 0.282 e. The fourth-order valence-electron chi connectivity index (χ4n) is 2.28. The minimum atomic E-state index is -0.0419. The molecule has 2 rings (SSSR count). The van der Waals surface area contributed by atoms with Crippen LogP contribution in [-0.2, 0) is 4.79 Å². The molecule has 5 nitrogen and oxygen atoms in total. The summed E-state index contributed by atoms with van der Waals surface area (Å²) in [6.07, 6.45) is 3.05. The van der Waals surface area contributed by atoms with Crippen molar-refractivity contribution in [1.82, 2.24) is 0 Å². The van der Waals surface area contributed by atoms with E-state index in [-0.39, 0.29) is 18.7 Å². The van der Waals surface area contributed by atoms with Crippen LogP contribution in [0.15, 0.2) is 12.1 Å². The molecule has 0 spiro atoms. The van der Waals surface area contributed by atoms with Crippen molar-refractivity contribution in [3.8, 4) is 11.5 Å². The van der Waals surface area contributed by atoms with E-state index in [0.717, 1.165) is 36.3 Å². The molecular formula is C15H23N2O3+. The summed E-state index contributed by atoms with van der Waals surface area (Å²) < 4.78 is 10.7. The molecule has 5 heteroatoms. The highest BCUT2D eigenvalue weighted by atomic mass is 16.7. The molecule has 1 aliphatic heterocycles. The lowest BCUT2D eigenvalue weighted by Crippen LogP contribution is -2.88. The molecule has 20 heavy (non-hydrogen) atoms. The number of fused-ring (bicyclic) bond motifs is 1. The molecule has 1 unspecified atom stereocenters. The number of quaternary nitrogens is 1. The van der Waals surface area contributed by atoms with Crippen LogP contribution in [0, 0.1) is 6.92 Å². The molecule has 0 radical (unpaired) electrons. The Morgan fingerprint density at radius 1 is 1.40 bits per heavy atom. The third kappa shape index (κ3) is 3.22. The van der Waals surface area contributed by atoms with Gasteiger partial charge >= 0.3 is 0 Å². The number of hydrogen-bond acceptors (Lipinski definition) is 3. The standard InChI is InChI=1S/C15H22N2O3/c1-4-5-6-11(16-3)15(18)17-12-8-14-13(7-10(12)2)19-9-20-14/h7-8,11,16H,4-6,9H2,1-3H3,(H,17,18)/p+1. The van der Waals surface area contributed by atoms with Crippen LogP contribution >= 0.6 is 0 Å². The third-order valence-corrected chi connectivity index (χ3v) is 3.59. The third-order valence-electron chi connectivity index (χ3n) is 3.59. The molecule has 110 valence electrons. The molecule has 1 aromatic carbocycles. The van der Waals surface area contributed by atoms with Crippen molar-refractivity contribution >= 4 is 11.6 Å². The minimum absolute atomic E-state index is 0.0419. The van der Waals surface area contributed by atoms with Crippen LogP contribution in [0.5, 0.6) is 11.5 Å². The van der Waals surface area contributed by atoms with Gasteiger partial charge in [0.05, 0.1) is 7.05 Å². The van der Waals surface area contributed by atoms with E-state index in [2.05, 4.69) is 12.2 Å². The summed E-state index contributed by atoms with van der Waals surface area (Å²) in [5.41, 5.74) is 1.77. The number of nitrogens with two attached hydrogens (primary N) is 1. The lowest BCUT2D eigenvalue weighted by atomic mass is 10.1. The van der Waals surface area contributed by atoms with Crippen molar-refractivity contribution in [2.75, 3.05) is 19.2 Å². The second-order valence-electron chi connectivity index (χ2n) is 5.09. The monoisotopic (exact) mass is 279 g/mol. The van der Waals surface area contributed by atoms with Gasteiger partial charge in [-0.15, -0.1) is 0 Å². The van der Waals surface area contributed by atoms with Gasteiger partial charge in [0.15, 0.2) is 17.5 Å². The highest BCUT2D eigenvalue weighted by Crippen LogP contribution is 2.36. The van der Waals surface area contributed by atoms with E-state index < -0.39 is 0 Å². The van der Waals surface area contributed by atoms with Crippen LogP contribution < -0.4 is 20.1 Å². The summed E-state index contributed by atoms with van der Waals surface area (Å²) in [5.74, 6) is 1.48. The average Bonchev–Trinajstić information content (AvgIpc) is 2.87. The Balaban J connectivity index is 2.07. The van der Waals surface area contributed by atoms with Gasteiger partial charge < -0.3 is 20.1 Å². The van der Waals surface area contributed by atoms with Gasteiger partial charge in [0.1, 0.15) is 0 Å². The highest BCUT2D eigenvalue weighted by molar-refractivity contribution is 5.94. The Labute approximate surface area is 119 Å². The number of anilines is 1. The number of carbonyl (C=O) groups is 1. The molecule has 3 N–H and O–H groups in total. The first-order valence-corrected chi connectivity index (χ1v) is 7.16. The first kappa shape index (κ1) is 14.7. The number of ether oxygens (including phenoxy) is 2. The van der Waals surface area contributed by atoms with Crippen molar-refractivity contribution in [3.63, 3.8) is 0 Å². The van der Waals surface area contributed by atoms with E-state index in [1.54, 1.807) is 0 Å². The molecule has 0 fully saturated rings. The summed E-state index contributed by atoms with van der Waals surface area (Å²) in [4.78, 5) is 12.3. The van der Waals surface area contributed by atoms with Crippen LogP contribution in [0.3, 0.4) is 0 Å². The molecular weight excluding hydrogens is 256 g/mol. The summed E-state index contributed by atoms with van der Waals surface area (Å²) in [7, 11) is 1.94. The van der Waals surface area contributed by atoms with Crippen LogP contribution in [0.1, 0.15) is 31.7 Å². The zero-order valence-corrected chi connectivity index (χ0v) is 12.4. The zero-order chi connectivity index (χ0) is 14.5. The van der Waals surface area contributed by atoms with Gasteiger partial charge in [-0.25, -0.2) is 0 Å². The number of hydrogen-bond donors (Lipinski definition) is 2. The SMILES string of the molecule is CCCCC([NH2+]C)C(=O)Nc1cc2c(cc1C)OCO2. The minimum Gasteiger partial charge on any atom is -0.454 e. The van der Waals surface area contributed by atoms with E-state index in [1.807, 2.05) is 31.4 Å². The number of amides is 1. The summed E-state index contributed by atoms with van der Waals surface area (Å²) >= 11 is 0. The van der Waals surface area contributed by atoms with E-state index in [9.17, 15) is 4.79 Å². The van der Waals surface area contributed by atoms with Gasteiger partial charge in [-0.05, 0) is 25.0 Å². The maximum absolute atomic E-state index is 12.3. The fourth-order valence-corrected chi connectivity index (χ4v) is 2.28. The van der Waals surface area contributed by atoms with E-state index in [1.165, 1.54) is 0 Å². The zero-order valence-electron chi connectivity index (χ0n) is 12.4. The largest absolute Gasteiger partial charge is 0.454 e. The molecule has 0 saturated heterocycles. The Morgan fingerprint density at radius 2 is 2.10 bits per heavy atom. The number of carbonyl (C=O) groups excluding carboxylic acids is 1. The number of aryl methyl sites for hydroxylation is 1. The average molecular weight is 279 g/mol. The number of nitrogens with one attached hydrogen (secondary N) is 1. The highest BCUT2D eigenvalue weighted by Gasteiger charge is 2.22. The van der Waals surface area contributed by atoms with Crippen LogP contribution in [0.4, 0.5) is 5.69 Å². The lowest BCUT2D eigenvalue weighted by Gasteiger charge is -2.14. The van der Waals surface area contributed by atoms with Crippen LogP contribution in [0.2, 0.25) is 0 Å². The van der Waals surface area contributed by atoms with Gasteiger partial charge in [-0.1, -0.05) is 13.3 Å². The molecule has 0 bridgehead atoms. The van der Waals surface area contributed by atoms with Gasteiger partial charge in [0.2, 0.25) is 6.79 Å². The van der Waals surface area contributed by atoms with Gasteiger partial charge in [-0.3, -0.25) is 4.79 Å². The predicted molar refractivity (Wildman–Crippen MR) is 77.1 cm³/mol. The van der Waals surface area contributed by atoms with E-state index in [4.69, 9.17) is 9.47 Å². The van der Waals surface area contributed by atoms with Crippen molar-refractivity contribution in [2.45, 2.75) is 39.2 Å². The molecule has 1 heterocycles. The lowest BCUT2D eigenvalue weighted by molar-refractivity contribution is -0.650. The molecule has 0 saturated carbocycles. The second kappa shape index (κ2) is 6.61. The molecule has 1 aliphatic rings. The quantitative estimate of drug-likeness (QED) is 0.827. The second-order valence-corrected chi connectivity index (χ2v) is 5.09. The summed E-state index contributed by atoms with van der Waals surface area (Å²) in [5, 5.41) is 4.96. The molecule has 1 amide bonds. The molecule has 1 atom stereocenters. The van der Waals surface area contributed by atoms with Crippen molar-refractivity contribution in [1.29, 1.82) is 0 Å². The Kier molecular flexibility index (Phi) is 4.84. The van der Waals surface area contributed by atoms with Crippen LogP contribution in [0.25, 0.3) is 0 Å². The number of likely N-dealkylation sites (N-methyl/N-ethyl adjacent to an activating group) is 1. The van der Waals surface area contributed by atoms with Gasteiger partial charge in [0, 0.05) is 18.2 Å². The summed E-state index contributed by atoms with van der Waals surface area (Å²) in [6.45, 7) is 4.33. The van der Waals surface area contributed by atoms with Crippen molar-refractivity contribution in [2.24, 2.45) is 0 Å². The maximum atomic E-state index is 12.3. The summed E-state index contributed by atoms with van der Waals surface area (Å²) in [6, 6.07) is 3.69. The normalized spacial score (nSPS) is 14.2. The van der Waals surface area contributed by atoms with Crippen molar-refractivity contribution < 1.29 is 19.6 Å². The van der Waals surface area contributed by atoms with E-state index in [0.29, 0.717) is 5.75 Å². The number of rotatable bonds is 6. The van der Waals surface area contributed by atoms with Crippen LogP contribution in [-0.4, -0.2) is 25.8 Å². The first-order chi connectivity index (χ1) is 9.65.